The first kappa shape index (κ1) is 17.0. The highest BCUT2D eigenvalue weighted by atomic mass is 79.9. The number of rotatable bonds is 4. The molecule has 0 spiro atoms. The molecule has 0 unspecified atom stereocenters. The largest absolute Gasteiger partial charge is 0.485 e. The van der Waals surface area contributed by atoms with Gasteiger partial charge in [-0.25, -0.2) is 4.79 Å². The van der Waals surface area contributed by atoms with E-state index in [9.17, 15) is 9.59 Å². The van der Waals surface area contributed by atoms with Crippen molar-refractivity contribution in [2.24, 2.45) is 0 Å². The number of fused-ring (bicyclic) bond motifs is 3. The lowest BCUT2D eigenvalue weighted by molar-refractivity contribution is 0.0921. The fourth-order valence-electron chi connectivity index (χ4n) is 3.48. The number of carbonyl (C=O) groups is 1. The van der Waals surface area contributed by atoms with E-state index in [-0.39, 0.29) is 18.0 Å². The smallest absolute Gasteiger partial charge is 0.339 e. The lowest BCUT2D eigenvalue weighted by Gasteiger charge is -2.12. The third-order valence-corrected chi connectivity index (χ3v) is 5.39. The number of carbonyl (C=O) groups excluding carboxylic acids is 1. The van der Waals surface area contributed by atoms with Crippen molar-refractivity contribution in [2.75, 3.05) is 6.61 Å². The zero-order chi connectivity index (χ0) is 18.3. The summed E-state index contributed by atoms with van der Waals surface area (Å²) >= 11 is 3.35. The number of halogens is 1. The molecule has 1 aromatic heterocycles. The highest BCUT2D eigenvalue weighted by molar-refractivity contribution is 9.10. The number of ether oxygens (including phenoxy) is 1. The average molecular weight is 413 g/mol. The van der Waals surface area contributed by atoms with E-state index in [0.29, 0.717) is 16.9 Å². The molecule has 1 heterocycles. The normalized spacial score (nSPS) is 13.0. The van der Waals surface area contributed by atoms with E-state index in [1.807, 2.05) is 31.2 Å². The van der Waals surface area contributed by atoms with E-state index in [4.69, 9.17) is 9.15 Å². The molecule has 0 radical (unpaired) electrons. The molecule has 0 aliphatic heterocycles. The molecule has 2 aromatic carbocycles. The molecule has 1 aliphatic rings. The molecule has 0 N–H and O–H groups in total. The van der Waals surface area contributed by atoms with Gasteiger partial charge >= 0.3 is 5.63 Å². The maximum atomic E-state index is 12.3. The molecule has 4 nitrogen and oxygen atoms in total. The second kappa shape index (κ2) is 6.72. The summed E-state index contributed by atoms with van der Waals surface area (Å²) in [6, 6.07) is 10.9. The fourth-order valence-corrected chi connectivity index (χ4v) is 3.75. The third-order valence-electron chi connectivity index (χ3n) is 4.87. The van der Waals surface area contributed by atoms with Gasteiger partial charge in [-0.15, -0.1) is 0 Å². The number of ketones is 1. The Kier molecular flexibility index (Phi) is 4.41. The van der Waals surface area contributed by atoms with Gasteiger partial charge in [0, 0.05) is 26.5 Å². The molecule has 3 aromatic rings. The topological polar surface area (TPSA) is 56.5 Å². The monoisotopic (exact) mass is 412 g/mol. The van der Waals surface area contributed by atoms with Crippen LogP contribution in [0.25, 0.3) is 11.0 Å². The van der Waals surface area contributed by atoms with Gasteiger partial charge in [-0.05, 0) is 56.0 Å². The Hall–Kier alpha value is -2.40. The second-order valence-electron chi connectivity index (χ2n) is 6.48. The van der Waals surface area contributed by atoms with Crippen molar-refractivity contribution in [1.29, 1.82) is 0 Å². The Morgan fingerprint density at radius 1 is 1.12 bits per heavy atom. The summed E-state index contributed by atoms with van der Waals surface area (Å²) in [5.41, 5.74) is 3.54. The molecule has 0 saturated carbocycles. The van der Waals surface area contributed by atoms with Crippen LogP contribution in [0, 0.1) is 6.92 Å². The van der Waals surface area contributed by atoms with Crippen LogP contribution >= 0.6 is 15.9 Å². The van der Waals surface area contributed by atoms with Crippen LogP contribution in [0.5, 0.6) is 5.75 Å². The average Bonchev–Trinajstić information content (AvgIpc) is 3.13. The van der Waals surface area contributed by atoms with Crippen LogP contribution in [0.3, 0.4) is 0 Å². The van der Waals surface area contributed by atoms with Crippen LogP contribution in [0.15, 0.2) is 50.1 Å². The summed E-state index contributed by atoms with van der Waals surface area (Å²) in [7, 11) is 0. The SMILES string of the molecule is Cc1c(OCC(=O)c2ccc(Br)cc2)ccc2c3c(c(=O)oc12)CCC3. The molecule has 0 atom stereocenters. The summed E-state index contributed by atoms with van der Waals surface area (Å²) in [4.78, 5) is 24.5. The molecule has 0 amide bonds. The van der Waals surface area contributed by atoms with Crippen LogP contribution in [0.4, 0.5) is 0 Å². The summed E-state index contributed by atoms with van der Waals surface area (Å²) in [5, 5.41) is 0.973. The lowest BCUT2D eigenvalue weighted by atomic mass is 10.0. The minimum absolute atomic E-state index is 0.0663. The van der Waals surface area contributed by atoms with E-state index in [1.54, 1.807) is 12.1 Å². The third kappa shape index (κ3) is 2.97. The van der Waals surface area contributed by atoms with Crippen LogP contribution in [-0.4, -0.2) is 12.4 Å². The maximum absolute atomic E-state index is 12.3. The highest BCUT2D eigenvalue weighted by Gasteiger charge is 2.21. The van der Waals surface area contributed by atoms with Gasteiger partial charge in [0.15, 0.2) is 12.4 Å². The Morgan fingerprint density at radius 2 is 1.85 bits per heavy atom. The highest BCUT2D eigenvalue weighted by Crippen LogP contribution is 2.33. The van der Waals surface area contributed by atoms with Gasteiger partial charge in [0.2, 0.25) is 0 Å². The van der Waals surface area contributed by atoms with Crippen molar-refractivity contribution >= 4 is 32.7 Å². The van der Waals surface area contributed by atoms with Crippen molar-refractivity contribution < 1.29 is 13.9 Å². The van der Waals surface area contributed by atoms with Crippen molar-refractivity contribution in [1.82, 2.24) is 0 Å². The van der Waals surface area contributed by atoms with Crippen molar-refractivity contribution in [3.8, 4) is 5.75 Å². The molecular formula is C21H17BrO4. The Morgan fingerprint density at radius 3 is 2.62 bits per heavy atom. The molecule has 4 rings (SSSR count). The molecule has 132 valence electrons. The Labute approximate surface area is 158 Å². The van der Waals surface area contributed by atoms with Gasteiger partial charge in [-0.2, -0.15) is 0 Å². The molecule has 0 saturated heterocycles. The molecule has 0 fully saturated rings. The van der Waals surface area contributed by atoms with Gasteiger partial charge < -0.3 is 9.15 Å². The standard InChI is InChI=1S/C21H17BrO4/c1-12-19(25-11-18(23)13-5-7-14(22)8-6-13)10-9-16-15-3-2-4-17(15)21(24)26-20(12)16/h5-10H,2-4,11H2,1H3. The van der Waals surface area contributed by atoms with E-state index in [1.165, 1.54) is 0 Å². The first-order chi connectivity index (χ1) is 12.5. The van der Waals surface area contributed by atoms with Crippen molar-refractivity contribution in [2.45, 2.75) is 26.2 Å². The van der Waals surface area contributed by atoms with Gasteiger partial charge in [0.25, 0.3) is 0 Å². The van der Waals surface area contributed by atoms with E-state index in [0.717, 1.165) is 45.8 Å². The number of hydrogen-bond acceptors (Lipinski definition) is 4. The predicted molar refractivity (Wildman–Crippen MR) is 103 cm³/mol. The number of Topliss-reactive ketones (excluding diaryl/α,β-unsaturated/α-hetero) is 1. The summed E-state index contributed by atoms with van der Waals surface area (Å²) in [6.45, 7) is 1.79. The van der Waals surface area contributed by atoms with Gasteiger partial charge in [-0.3, -0.25) is 4.79 Å². The first-order valence-electron chi connectivity index (χ1n) is 8.54. The first-order valence-corrected chi connectivity index (χ1v) is 9.33. The summed E-state index contributed by atoms with van der Waals surface area (Å²) in [6.07, 6.45) is 2.67. The van der Waals surface area contributed by atoms with Crippen LogP contribution in [-0.2, 0) is 12.8 Å². The molecule has 1 aliphatic carbocycles. The van der Waals surface area contributed by atoms with E-state index >= 15 is 0 Å². The van der Waals surface area contributed by atoms with Gasteiger partial charge in [-0.1, -0.05) is 28.1 Å². The molecule has 0 bridgehead atoms. The molecule has 5 heteroatoms. The van der Waals surface area contributed by atoms with Crippen molar-refractivity contribution in [3.05, 3.63) is 73.5 Å². The van der Waals surface area contributed by atoms with E-state index in [2.05, 4.69) is 15.9 Å². The lowest BCUT2D eigenvalue weighted by Crippen LogP contribution is -2.12. The summed E-state index contributed by atoms with van der Waals surface area (Å²) < 4.78 is 12.2. The zero-order valence-electron chi connectivity index (χ0n) is 14.3. The minimum atomic E-state index is -0.254. The van der Waals surface area contributed by atoms with Gasteiger partial charge in [0.05, 0.1) is 0 Å². The zero-order valence-corrected chi connectivity index (χ0v) is 15.9. The Balaban J connectivity index is 1.62. The Bertz CT molecular complexity index is 1060. The van der Waals surface area contributed by atoms with Gasteiger partial charge in [0.1, 0.15) is 11.3 Å². The molecular weight excluding hydrogens is 396 g/mol. The molecule has 26 heavy (non-hydrogen) atoms. The van der Waals surface area contributed by atoms with E-state index < -0.39 is 0 Å². The number of benzene rings is 2. The number of hydrogen-bond donors (Lipinski definition) is 0. The van der Waals surface area contributed by atoms with Crippen molar-refractivity contribution in [3.63, 3.8) is 0 Å². The van der Waals surface area contributed by atoms with Crippen LogP contribution < -0.4 is 10.4 Å². The van der Waals surface area contributed by atoms with Crippen LogP contribution in [0.2, 0.25) is 0 Å². The maximum Gasteiger partial charge on any atom is 0.339 e. The van der Waals surface area contributed by atoms with Crippen LogP contribution in [0.1, 0.15) is 33.5 Å². The predicted octanol–water partition coefficient (Wildman–Crippen LogP) is 4.61. The quantitative estimate of drug-likeness (QED) is 0.463. The summed E-state index contributed by atoms with van der Waals surface area (Å²) in [5.74, 6) is 0.455. The second-order valence-corrected chi connectivity index (χ2v) is 7.40. The number of aryl methyl sites for hydroxylation is 2. The fraction of sp³-hybridized carbons (Fsp3) is 0.238. The minimum Gasteiger partial charge on any atom is -0.485 e.